The van der Waals surface area contributed by atoms with Gasteiger partial charge >= 0.3 is 0 Å². The Morgan fingerprint density at radius 1 is 0.262 bits per heavy atom. The van der Waals surface area contributed by atoms with Gasteiger partial charge in [-0.15, -0.1) is 0 Å². The molecule has 0 aliphatic heterocycles. The maximum absolute atomic E-state index is 6.49. The van der Waals surface area contributed by atoms with Gasteiger partial charge in [-0.25, -0.2) is 4.98 Å². The second kappa shape index (κ2) is 15.6. The third kappa shape index (κ3) is 7.09. The number of aromatic nitrogens is 2. The SMILES string of the molecule is c1ccc(-c2cccc(-c3cccc(-c4cccc(-c5nc(-c6cccc(-c7cc(-c8ccccc8)cc(-c8ccccc8)c7)c6)c6c(n5)oc5ccccc56)c4)c3)c2)cc1. The molecule has 9 aromatic carbocycles. The molecule has 3 nitrogen and oxygen atoms in total. The Labute approximate surface area is 354 Å². The van der Waals surface area contributed by atoms with Gasteiger partial charge < -0.3 is 4.42 Å². The summed E-state index contributed by atoms with van der Waals surface area (Å²) in [4.78, 5) is 10.5. The number of para-hydroxylation sites is 1. The first kappa shape index (κ1) is 36.0. The highest BCUT2D eigenvalue weighted by atomic mass is 16.3. The van der Waals surface area contributed by atoms with Crippen molar-refractivity contribution in [1.29, 1.82) is 0 Å². The fourth-order valence-electron chi connectivity index (χ4n) is 8.42. The van der Waals surface area contributed by atoms with Crippen molar-refractivity contribution in [3.05, 3.63) is 231 Å². The second-order valence-electron chi connectivity index (χ2n) is 15.4. The van der Waals surface area contributed by atoms with E-state index in [2.05, 4.69) is 212 Å². The van der Waals surface area contributed by atoms with Crippen LogP contribution in [0.3, 0.4) is 0 Å². The van der Waals surface area contributed by atoms with Gasteiger partial charge in [0, 0.05) is 16.5 Å². The van der Waals surface area contributed by atoms with Crippen LogP contribution in [0.4, 0.5) is 0 Å². The van der Waals surface area contributed by atoms with E-state index in [1.54, 1.807) is 0 Å². The maximum atomic E-state index is 6.49. The van der Waals surface area contributed by atoms with Gasteiger partial charge in [0.05, 0.1) is 11.1 Å². The number of nitrogens with zero attached hydrogens (tertiary/aromatic N) is 2. The molecule has 0 N–H and O–H groups in total. The normalized spacial score (nSPS) is 11.3. The number of fused-ring (bicyclic) bond motifs is 3. The molecule has 3 heteroatoms. The van der Waals surface area contributed by atoms with Gasteiger partial charge in [0.2, 0.25) is 5.71 Å². The topological polar surface area (TPSA) is 38.9 Å². The Bertz CT molecular complexity index is 3290. The first-order chi connectivity index (χ1) is 30.2. The van der Waals surface area contributed by atoms with Crippen molar-refractivity contribution in [2.75, 3.05) is 0 Å². The summed E-state index contributed by atoms with van der Waals surface area (Å²) in [5.74, 6) is 0.609. The lowest BCUT2D eigenvalue weighted by molar-refractivity contribution is 0.653. The van der Waals surface area contributed by atoms with Gasteiger partial charge in [0.15, 0.2) is 5.82 Å². The third-order valence-electron chi connectivity index (χ3n) is 11.5. The van der Waals surface area contributed by atoms with Gasteiger partial charge in [0.25, 0.3) is 0 Å². The van der Waals surface area contributed by atoms with E-state index < -0.39 is 0 Å². The van der Waals surface area contributed by atoms with Crippen LogP contribution in [0.5, 0.6) is 0 Å². The van der Waals surface area contributed by atoms with Gasteiger partial charge in [0.1, 0.15) is 5.58 Å². The zero-order valence-electron chi connectivity index (χ0n) is 33.2. The Kier molecular flexibility index (Phi) is 9.18. The monoisotopic (exact) mass is 778 g/mol. The first-order valence-electron chi connectivity index (χ1n) is 20.6. The average molecular weight is 779 g/mol. The van der Waals surface area contributed by atoms with Crippen LogP contribution in [-0.4, -0.2) is 9.97 Å². The molecular formula is C58H38N2O. The van der Waals surface area contributed by atoms with Crippen molar-refractivity contribution in [2.24, 2.45) is 0 Å². The molecule has 286 valence electrons. The molecule has 0 aliphatic carbocycles. The molecule has 0 amide bonds. The van der Waals surface area contributed by atoms with Crippen LogP contribution in [0.15, 0.2) is 235 Å². The molecule has 0 atom stereocenters. The molecule has 11 rings (SSSR count). The summed E-state index contributed by atoms with van der Waals surface area (Å²) >= 11 is 0. The minimum atomic E-state index is 0.565. The first-order valence-corrected chi connectivity index (χ1v) is 20.6. The predicted molar refractivity (Wildman–Crippen MR) is 253 cm³/mol. The van der Waals surface area contributed by atoms with Crippen molar-refractivity contribution >= 4 is 22.1 Å². The van der Waals surface area contributed by atoms with E-state index in [1.165, 1.54) is 38.9 Å². The molecular weight excluding hydrogens is 741 g/mol. The van der Waals surface area contributed by atoms with Crippen LogP contribution in [0.2, 0.25) is 0 Å². The molecule has 2 heterocycles. The van der Waals surface area contributed by atoms with Crippen molar-refractivity contribution in [1.82, 2.24) is 9.97 Å². The second-order valence-corrected chi connectivity index (χ2v) is 15.4. The molecule has 0 aliphatic rings. The lowest BCUT2D eigenvalue weighted by Gasteiger charge is -2.13. The van der Waals surface area contributed by atoms with E-state index in [-0.39, 0.29) is 0 Å². The van der Waals surface area contributed by atoms with Crippen molar-refractivity contribution in [3.8, 4) is 89.4 Å². The number of hydrogen-bond acceptors (Lipinski definition) is 3. The highest BCUT2D eigenvalue weighted by Gasteiger charge is 2.19. The quantitative estimate of drug-likeness (QED) is 0.154. The molecule has 0 bridgehead atoms. The molecule has 61 heavy (non-hydrogen) atoms. The van der Waals surface area contributed by atoms with Crippen LogP contribution >= 0.6 is 0 Å². The Balaban J connectivity index is 1.01. The number of furan rings is 1. The summed E-state index contributed by atoms with van der Waals surface area (Å²) in [6.07, 6.45) is 0. The highest BCUT2D eigenvalue weighted by molar-refractivity contribution is 6.10. The molecule has 0 saturated heterocycles. The van der Waals surface area contributed by atoms with Crippen LogP contribution in [-0.2, 0) is 0 Å². The van der Waals surface area contributed by atoms with E-state index in [0.29, 0.717) is 11.5 Å². The number of hydrogen-bond donors (Lipinski definition) is 0. The van der Waals surface area contributed by atoms with Crippen molar-refractivity contribution < 1.29 is 4.42 Å². The molecule has 11 aromatic rings. The van der Waals surface area contributed by atoms with Gasteiger partial charge in [-0.1, -0.05) is 182 Å². The molecule has 0 saturated carbocycles. The van der Waals surface area contributed by atoms with E-state index in [1.807, 2.05) is 18.2 Å². The molecule has 0 spiro atoms. The fraction of sp³-hybridized carbons (Fsp3) is 0. The molecule has 0 fully saturated rings. The summed E-state index contributed by atoms with van der Waals surface area (Å²) in [5.41, 5.74) is 17.9. The van der Waals surface area contributed by atoms with E-state index >= 15 is 0 Å². The third-order valence-corrected chi connectivity index (χ3v) is 11.5. The van der Waals surface area contributed by atoms with Crippen LogP contribution in [0, 0.1) is 0 Å². The number of rotatable bonds is 8. The predicted octanol–water partition coefficient (Wildman–Crippen LogP) is 15.7. The van der Waals surface area contributed by atoms with Crippen molar-refractivity contribution in [2.45, 2.75) is 0 Å². The maximum Gasteiger partial charge on any atom is 0.231 e. The van der Waals surface area contributed by atoms with E-state index in [4.69, 9.17) is 14.4 Å². The van der Waals surface area contributed by atoms with E-state index in [0.717, 1.165) is 61.0 Å². The van der Waals surface area contributed by atoms with Gasteiger partial charge in [-0.3, -0.25) is 0 Å². The zero-order chi connectivity index (χ0) is 40.5. The summed E-state index contributed by atoms with van der Waals surface area (Å²) in [7, 11) is 0. The Hall–Kier alpha value is -8.14. The van der Waals surface area contributed by atoms with Crippen LogP contribution in [0.25, 0.3) is 111 Å². The smallest absolute Gasteiger partial charge is 0.231 e. The molecule has 0 radical (unpaired) electrons. The van der Waals surface area contributed by atoms with Crippen LogP contribution < -0.4 is 0 Å². The fourth-order valence-corrected chi connectivity index (χ4v) is 8.42. The van der Waals surface area contributed by atoms with Crippen molar-refractivity contribution in [3.63, 3.8) is 0 Å². The van der Waals surface area contributed by atoms with Crippen LogP contribution in [0.1, 0.15) is 0 Å². The summed E-state index contributed by atoms with van der Waals surface area (Å²) in [5, 5.41) is 1.89. The summed E-state index contributed by atoms with van der Waals surface area (Å²) in [6, 6.07) is 81.4. The average Bonchev–Trinajstić information content (AvgIpc) is 3.73. The summed E-state index contributed by atoms with van der Waals surface area (Å²) in [6.45, 7) is 0. The summed E-state index contributed by atoms with van der Waals surface area (Å²) < 4.78 is 6.49. The minimum Gasteiger partial charge on any atom is -0.438 e. The Morgan fingerprint density at radius 2 is 0.607 bits per heavy atom. The minimum absolute atomic E-state index is 0.565. The van der Waals surface area contributed by atoms with Gasteiger partial charge in [-0.2, -0.15) is 4.98 Å². The van der Waals surface area contributed by atoms with E-state index in [9.17, 15) is 0 Å². The Morgan fingerprint density at radius 3 is 1.15 bits per heavy atom. The largest absolute Gasteiger partial charge is 0.438 e. The van der Waals surface area contributed by atoms with Gasteiger partial charge in [-0.05, 0) is 115 Å². The lowest BCUT2D eigenvalue weighted by atomic mass is 9.92. The molecule has 0 unspecified atom stereocenters. The standard InChI is InChI=1S/C58H38N2O/c1-4-16-39(17-5-1)42-22-12-23-43(32-42)44-24-13-25-45(33-44)46-26-15-29-49(35-46)57-59-56(55-53-30-10-11-31-54(53)61-58(55)60-57)48-28-14-27-47(34-48)52-37-50(40-18-6-2-7-19-40)36-51(38-52)41-20-8-3-9-21-41/h1-38H. The number of benzene rings is 9. The lowest BCUT2D eigenvalue weighted by Crippen LogP contribution is -1.95. The zero-order valence-corrected chi connectivity index (χ0v) is 33.2. The highest BCUT2D eigenvalue weighted by Crippen LogP contribution is 2.40. The molecule has 2 aromatic heterocycles.